The highest BCUT2D eigenvalue weighted by Gasteiger charge is 2.24. The summed E-state index contributed by atoms with van der Waals surface area (Å²) in [6.07, 6.45) is 2.02. The van der Waals surface area contributed by atoms with Crippen molar-refractivity contribution >= 4 is 0 Å². The number of aromatic nitrogens is 1. The molecular weight excluding hydrogens is 254 g/mol. The van der Waals surface area contributed by atoms with Gasteiger partial charge in [0.25, 0.3) is 0 Å². The molecule has 1 aromatic heterocycles. The number of hydrogen-bond donors (Lipinski definition) is 1. The Morgan fingerprint density at radius 1 is 1.30 bits per heavy atom. The summed E-state index contributed by atoms with van der Waals surface area (Å²) in [5.74, 6) is 1.59. The van der Waals surface area contributed by atoms with Gasteiger partial charge in [-0.3, -0.25) is 0 Å². The fourth-order valence-electron chi connectivity index (χ4n) is 2.35. The van der Waals surface area contributed by atoms with Crippen LogP contribution in [-0.4, -0.2) is 16.4 Å². The molecule has 1 saturated carbocycles. The van der Waals surface area contributed by atoms with Gasteiger partial charge in [0.15, 0.2) is 0 Å². The minimum Gasteiger partial charge on any atom is -0.490 e. The van der Waals surface area contributed by atoms with Crippen LogP contribution in [0.2, 0.25) is 0 Å². The lowest BCUT2D eigenvalue weighted by Crippen LogP contribution is -1.99. The van der Waals surface area contributed by atoms with Crippen LogP contribution >= 0.6 is 0 Å². The average molecular weight is 273 g/mol. The number of aliphatic hydroxyl groups excluding tert-OH is 1. The van der Waals surface area contributed by atoms with Crippen LogP contribution in [0.4, 0.5) is 0 Å². The number of aliphatic hydroxyl groups is 1. The van der Waals surface area contributed by atoms with Crippen LogP contribution in [-0.2, 0) is 0 Å². The molecule has 1 aromatic carbocycles. The Labute approximate surface area is 118 Å². The standard InChI is InChI=1S/C16H19NO3/c1-9-16(11(3)20-17-9)13-6-12(10(2)18)7-15(8-13)19-14-4-5-14/h6-8,10,14,18H,4-5H2,1-3H3. The summed E-state index contributed by atoms with van der Waals surface area (Å²) in [4.78, 5) is 0. The summed E-state index contributed by atoms with van der Waals surface area (Å²) in [5, 5.41) is 13.9. The predicted molar refractivity (Wildman–Crippen MR) is 75.7 cm³/mol. The van der Waals surface area contributed by atoms with Crippen molar-refractivity contribution in [1.29, 1.82) is 0 Å². The number of aryl methyl sites for hydroxylation is 2. The van der Waals surface area contributed by atoms with E-state index in [9.17, 15) is 5.11 Å². The number of hydrogen-bond acceptors (Lipinski definition) is 4. The van der Waals surface area contributed by atoms with E-state index in [-0.39, 0.29) is 0 Å². The molecule has 106 valence electrons. The van der Waals surface area contributed by atoms with Gasteiger partial charge in [0.1, 0.15) is 11.5 Å². The van der Waals surface area contributed by atoms with Crippen LogP contribution in [0.5, 0.6) is 5.75 Å². The molecule has 0 radical (unpaired) electrons. The van der Waals surface area contributed by atoms with Crippen LogP contribution < -0.4 is 4.74 Å². The van der Waals surface area contributed by atoms with E-state index in [1.807, 2.05) is 32.0 Å². The van der Waals surface area contributed by atoms with Crippen LogP contribution in [0.3, 0.4) is 0 Å². The van der Waals surface area contributed by atoms with Crippen LogP contribution in [0, 0.1) is 13.8 Å². The largest absolute Gasteiger partial charge is 0.490 e. The maximum Gasteiger partial charge on any atom is 0.141 e. The first-order chi connectivity index (χ1) is 9.54. The maximum absolute atomic E-state index is 9.86. The highest BCUT2D eigenvalue weighted by molar-refractivity contribution is 5.70. The highest BCUT2D eigenvalue weighted by Crippen LogP contribution is 2.35. The second-order valence-corrected chi connectivity index (χ2v) is 5.48. The molecule has 0 spiro atoms. The third kappa shape index (κ3) is 2.56. The van der Waals surface area contributed by atoms with E-state index in [1.54, 1.807) is 6.92 Å². The zero-order valence-electron chi connectivity index (χ0n) is 12.0. The summed E-state index contributed by atoms with van der Waals surface area (Å²) < 4.78 is 11.1. The zero-order chi connectivity index (χ0) is 14.3. The molecule has 0 amide bonds. The number of rotatable bonds is 4. The quantitative estimate of drug-likeness (QED) is 0.925. The van der Waals surface area contributed by atoms with Gasteiger partial charge in [0.2, 0.25) is 0 Å². The smallest absolute Gasteiger partial charge is 0.141 e. The molecule has 1 heterocycles. The molecule has 0 aliphatic heterocycles. The van der Waals surface area contributed by atoms with Crippen LogP contribution in [0.15, 0.2) is 22.7 Å². The minimum atomic E-state index is -0.531. The Bertz CT molecular complexity index is 607. The third-order valence-corrected chi connectivity index (χ3v) is 3.56. The van der Waals surface area contributed by atoms with E-state index >= 15 is 0 Å². The van der Waals surface area contributed by atoms with E-state index in [1.165, 1.54) is 0 Å². The van der Waals surface area contributed by atoms with Gasteiger partial charge in [-0.15, -0.1) is 0 Å². The van der Waals surface area contributed by atoms with Gasteiger partial charge in [-0.05, 0) is 62.9 Å². The molecule has 2 aromatic rings. The molecule has 1 N–H and O–H groups in total. The Balaban J connectivity index is 2.06. The van der Waals surface area contributed by atoms with Crippen molar-refractivity contribution in [3.05, 3.63) is 35.2 Å². The van der Waals surface area contributed by atoms with Crippen molar-refractivity contribution in [2.75, 3.05) is 0 Å². The second-order valence-electron chi connectivity index (χ2n) is 5.48. The lowest BCUT2D eigenvalue weighted by atomic mass is 9.99. The van der Waals surface area contributed by atoms with Crippen molar-refractivity contribution < 1.29 is 14.4 Å². The molecule has 1 atom stereocenters. The zero-order valence-corrected chi connectivity index (χ0v) is 12.0. The number of nitrogens with zero attached hydrogens (tertiary/aromatic N) is 1. The third-order valence-electron chi connectivity index (χ3n) is 3.56. The summed E-state index contributed by atoms with van der Waals surface area (Å²) in [6.45, 7) is 5.57. The molecule has 3 rings (SSSR count). The Morgan fingerprint density at radius 2 is 2.05 bits per heavy atom. The van der Waals surface area contributed by atoms with E-state index in [2.05, 4.69) is 5.16 Å². The van der Waals surface area contributed by atoms with Gasteiger partial charge in [-0.25, -0.2) is 0 Å². The Morgan fingerprint density at radius 3 is 2.60 bits per heavy atom. The molecule has 4 nitrogen and oxygen atoms in total. The molecule has 1 aliphatic rings. The van der Waals surface area contributed by atoms with Crippen molar-refractivity contribution in [2.24, 2.45) is 0 Å². The minimum absolute atomic E-state index is 0.330. The normalized spacial score (nSPS) is 16.2. The monoisotopic (exact) mass is 273 g/mol. The first-order valence-corrected chi connectivity index (χ1v) is 6.97. The molecule has 4 heteroatoms. The number of benzene rings is 1. The van der Waals surface area contributed by atoms with Crippen molar-refractivity contribution in [2.45, 2.75) is 45.8 Å². The lowest BCUT2D eigenvalue weighted by molar-refractivity contribution is 0.198. The fourth-order valence-corrected chi connectivity index (χ4v) is 2.35. The predicted octanol–water partition coefficient (Wildman–Crippen LogP) is 3.55. The molecule has 0 saturated heterocycles. The number of ether oxygens (including phenoxy) is 1. The molecule has 0 bridgehead atoms. The second kappa shape index (κ2) is 4.94. The molecular formula is C16H19NO3. The van der Waals surface area contributed by atoms with Gasteiger partial charge in [-0.2, -0.15) is 0 Å². The van der Waals surface area contributed by atoms with Crippen molar-refractivity contribution in [3.8, 4) is 16.9 Å². The van der Waals surface area contributed by atoms with E-state index in [0.717, 1.165) is 46.7 Å². The van der Waals surface area contributed by atoms with E-state index in [4.69, 9.17) is 9.26 Å². The van der Waals surface area contributed by atoms with Gasteiger partial charge >= 0.3 is 0 Å². The summed E-state index contributed by atoms with van der Waals surface area (Å²) >= 11 is 0. The average Bonchev–Trinajstić information content (AvgIpc) is 3.14. The van der Waals surface area contributed by atoms with Gasteiger partial charge in [-0.1, -0.05) is 5.16 Å². The fraction of sp³-hybridized carbons (Fsp3) is 0.438. The summed E-state index contributed by atoms with van der Waals surface area (Å²) in [6, 6.07) is 5.87. The highest BCUT2D eigenvalue weighted by atomic mass is 16.5. The molecule has 1 fully saturated rings. The first kappa shape index (κ1) is 13.2. The van der Waals surface area contributed by atoms with Gasteiger partial charge in [0.05, 0.1) is 17.9 Å². The van der Waals surface area contributed by atoms with Crippen LogP contribution in [0.1, 0.15) is 42.9 Å². The van der Waals surface area contributed by atoms with Gasteiger partial charge < -0.3 is 14.4 Å². The SMILES string of the molecule is Cc1noc(C)c1-c1cc(OC2CC2)cc(C(C)O)c1. The first-order valence-electron chi connectivity index (χ1n) is 6.97. The van der Waals surface area contributed by atoms with E-state index < -0.39 is 6.10 Å². The Kier molecular flexibility index (Phi) is 3.26. The van der Waals surface area contributed by atoms with E-state index in [0.29, 0.717) is 6.10 Å². The summed E-state index contributed by atoms with van der Waals surface area (Å²) in [5.41, 5.74) is 3.66. The lowest BCUT2D eigenvalue weighted by Gasteiger charge is -2.12. The van der Waals surface area contributed by atoms with Gasteiger partial charge in [0, 0.05) is 5.56 Å². The topological polar surface area (TPSA) is 55.5 Å². The van der Waals surface area contributed by atoms with Crippen molar-refractivity contribution in [3.63, 3.8) is 0 Å². The van der Waals surface area contributed by atoms with Crippen LogP contribution in [0.25, 0.3) is 11.1 Å². The summed E-state index contributed by atoms with van der Waals surface area (Å²) in [7, 11) is 0. The molecule has 20 heavy (non-hydrogen) atoms. The Hall–Kier alpha value is -1.81. The maximum atomic E-state index is 9.86. The van der Waals surface area contributed by atoms with Crippen molar-refractivity contribution in [1.82, 2.24) is 5.16 Å². The molecule has 1 aliphatic carbocycles. The molecule has 1 unspecified atom stereocenters.